The number of likely N-dealkylation sites (tertiary alicyclic amines) is 1. The Morgan fingerprint density at radius 3 is 2.62 bits per heavy atom. The molecular weight excluding hydrogens is 435 g/mol. The number of guanidine groups is 1. The third-order valence-electron chi connectivity index (χ3n) is 4.06. The van der Waals surface area contributed by atoms with Gasteiger partial charge in [0.25, 0.3) is 0 Å². The van der Waals surface area contributed by atoms with E-state index in [1.54, 1.807) is 11.3 Å². The Balaban J connectivity index is 0.00000288. The molecule has 0 bridgehead atoms. The minimum absolute atomic E-state index is 0. The molecule has 1 aromatic heterocycles. The second-order valence-corrected chi connectivity index (χ2v) is 7.45. The van der Waals surface area contributed by atoms with Gasteiger partial charge >= 0.3 is 0 Å². The normalized spacial score (nSPS) is 15.1. The molecule has 1 aliphatic heterocycles. The van der Waals surface area contributed by atoms with E-state index in [0.717, 1.165) is 39.0 Å². The number of carbonyl (C=O) groups is 1. The van der Waals surface area contributed by atoms with Crippen molar-refractivity contribution in [2.24, 2.45) is 4.99 Å². The molecule has 24 heavy (non-hydrogen) atoms. The molecule has 0 radical (unpaired) electrons. The third kappa shape index (κ3) is 6.23. The summed E-state index contributed by atoms with van der Waals surface area (Å²) < 4.78 is 0. The number of aliphatic imine (C=N–C) groups is 1. The maximum absolute atomic E-state index is 12.1. The zero-order chi connectivity index (χ0) is 16.7. The Hall–Kier alpha value is -0.830. The summed E-state index contributed by atoms with van der Waals surface area (Å²) in [5.41, 5.74) is 0.0311. The standard InChI is InChI=1S/C17H28N4OS.HI/c1-4-18-16(19-12-15(22)21-9-5-6-10-21)20-13-17(2,3)14-8-7-11-23-14;/h7-8,11H,4-6,9-10,12-13H2,1-3H3,(H2,18,19,20);1H. The van der Waals surface area contributed by atoms with Gasteiger partial charge in [0.1, 0.15) is 6.54 Å². The summed E-state index contributed by atoms with van der Waals surface area (Å²) in [6, 6.07) is 4.24. The highest BCUT2D eigenvalue weighted by Crippen LogP contribution is 2.26. The molecule has 0 saturated carbocycles. The Morgan fingerprint density at radius 1 is 1.33 bits per heavy atom. The Morgan fingerprint density at radius 2 is 2.04 bits per heavy atom. The first-order chi connectivity index (χ1) is 11.0. The summed E-state index contributed by atoms with van der Waals surface area (Å²) in [5, 5.41) is 8.69. The maximum Gasteiger partial charge on any atom is 0.244 e. The number of amides is 1. The van der Waals surface area contributed by atoms with E-state index in [1.165, 1.54) is 4.88 Å². The maximum atomic E-state index is 12.1. The molecule has 2 rings (SSSR count). The number of hydrogen-bond donors (Lipinski definition) is 2. The molecule has 0 spiro atoms. The molecule has 5 nitrogen and oxygen atoms in total. The minimum atomic E-state index is 0. The Kier molecular flexibility index (Phi) is 9.04. The van der Waals surface area contributed by atoms with Crippen LogP contribution in [0.2, 0.25) is 0 Å². The van der Waals surface area contributed by atoms with Crippen molar-refractivity contribution in [3.05, 3.63) is 22.4 Å². The van der Waals surface area contributed by atoms with E-state index in [1.807, 2.05) is 11.8 Å². The summed E-state index contributed by atoms with van der Waals surface area (Å²) in [6.45, 7) is 9.99. The topological polar surface area (TPSA) is 56.7 Å². The monoisotopic (exact) mass is 464 g/mol. The van der Waals surface area contributed by atoms with Crippen LogP contribution in [-0.2, 0) is 10.2 Å². The predicted octanol–water partition coefficient (Wildman–Crippen LogP) is 2.82. The fraction of sp³-hybridized carbons (Fsp3) is 0.647. The van der Waals surface area contributed by atoms with Gasteiger partial charge in [-0.3, -0.25) is 4.79 Å². The van der Waals surface area contributed by atoms with Crippen molar-refractivity contribution in [1.29, 1.82) is 0 Å². The number of nitrogens with zero attached hydrogens (tertiary/aromatic N) is 2. The van der Waals surface area contributed by atoms with Crippen LogP contribution in [0, 0.1) is 0 Å². The number of halogens is 1. The molecule has 1 saturated heterocycles. The summed E-state index contributed by atoms with van der Waals surface area (Å²) >= 11 is 1.77. The smallest absolute Gasteiger partial charge is 0.244 e. The highest BCUT2D eigenvalue weighted by molar-refractivity contribution is 14.0. The van der Waals surface area contributed by atoms with Crippen LogP contribution >= 0.6 is 35.3 Å². The molecule has 1 fully saturated rings. The number of rotatable bonds is 6. The predicted molar refractivity (Wildman–Crippen MR) is 113 cm³/mol. The zero-order valence-corrected chi connectivity index (χ0v) is 17.9. The molecule has 0 atom stereocenters. The van der Waals surface area contributed by atoms with Gasteiger partial charge in [0.2, 0.25) is 5.91 Å². The van der Waals surface area contributed by atoms with Crippen molar-refractivity contribution in [2.75, 3.05) is 32.7 Å². The second kappa shape index (κ2) is 10.2. The van der Waals surface area contributed by atoms with Gasteiger partial charge in [-0.25, -0.2) is 4.99 Å². The van der Waals surface area contributed by atoms with Gasteiger partial charge in [0.05, 0.1) is 0 Å². The molecule has 2 N–H and O–H groups in total. The molecule has 2 heterocycles. The summed E-state index contributed by atoms with van der Waals surface area (Å²) in [4.78, 5) is 19.8. The zero-order valence-electron chi connectivity index (χ0n) is 14.8. The Labute approximate surface area is 166 Å². The molecule has 0 aromatic carbocycles. The summed E-state index contributed by atoms with van der Waals surface area (Å²) in [5.74, 6) is 0.835. The average Bonchev–Trinajstić information content (AvgIpc) is 3.23. The van der Waals surface area contributed by atoms with Crippen LogP contribution in [0.25, 0.3) is 0 Å². The lowest BCUT2D eigenvalue weighted by Crippen LogP contribution is -2.44. The van der Waals surface area contributed by atoms with Crippen LogP contribution in [0.15, 0.2) is 22.5 Å². The van der Waals surface area contributed by atoms with Crippen molar-refractivity contribution < 1.29 is 4.79 Å². The quantitative estimate of drug-likeness (QED) is 0.387. The van der Waals surface area contributed by atoms with E-state index >= 15 is 0 Å². The summed E-state index contributed by atoms with van der Waals surface area (Å²) in [7, 11) is 0. The molecule has 1 aliphatic rings. The highest BCUT2D eigenvalue weighted by Gasteiger charge is 2.22. The van der Waals surface area contributed by atoms with Gasteiger partial charge in [0, 0.05) is 36.5 Å². The largest absolute Gasteiger partial charge is 0.357 e. The van der Waals surface area contributed by atoms with Gasteiger partial charge in [-0.05, 0) is 31.2 Å². The number of thiophene rings is 1. The van der Waals surface area contributed by atoms with Gasteiger partial charge in [-0.15, -0.1) is 35.3 Å². The molecule has 7 heteroatoms. The fourth-order valence-corrected chi connectivity index (χ4v) is 3.46. The first-order valence-corrected chi connectivity index (χ1v) is 9.25. The SMILES string of the molecule is CCNC(=NCC(=O)N1CCCC1)NCC(C)(C)c1cccs1.I. The molecule has 0 unspecified atom stereocenters. The summed E-state index contributed by atoms with van der Waals surface area (Å²) in [6.07, 6.45) is 2.23. The number of nitrogens with one attached hydrogen (secondary N) is 2. The lowest BCUT2D eigenvalue weighted by molar-refractivity contribution is -0.128. The minimum Gasteiger partial charge on any atom is -0.357 e. The van der Waals surface area contributed by atoms with Gasteiger partial charge < -0.3 is 15.5 Å². The van der Waals surface area contributed by atoms with E-state index in [0.29, 0.717) is 5.96 Å². The van der Waals surface area contributed by atoms with Crippen molar-refractivity contribution in [3.8, 4) is 0 Å². The van der Waals surface area contributed by atoms with Crippen molar-refractivity contribution in [2.45, 2.75) is 39.0 Å². The van der Waals surface area contributed by atoms with Gasteiger partial charge in [-0.2, -0.15) is 0 Å². The van der Waals surface area contributed by atoms with Gasteiger partial charge in [-0.1, -0.05) is 19.9 Å². The third-order valence-corrected chi connectivity index (χ3v) is 5.30. The second-order valence-electron chi connectivity index (χ2n) is 6.50. The van der Waals surface area contributed by atoms with Crippen LogP contribution in [-0.4, -0.2) is 49.5 Å². The molecule has 1 amide bonds. The van der Waals surface area contributed by atoms with Crippen LogP contribution in [0.1, 0.15) is 38.5 Å². The van der Waals surface area contributed by atoms with E-state index in [9.17, 15) is 4.79 Å². The number of hydrogen-bond acceptors (Lipinski definition) is 3. The Bertz CT molecular complexity index is 525. The van der Waals surface area contributed by atoms with Crippen LogP contribution in [0.3, 0.4) is 0 Å². The van der Waals surface area contributed by atoms with E-state index < -0.39 is 0 Å². The molecule has 1 aromatic rings. The highest BCUT2D eigenvalue weighted by atomic mass is 127. The number of carbonyl (C=O) groups excluding carboxylic acids is 1. The molecule has 136 valence electrons. The van der Waals surface area contributed by atoms with E-state index in [4.69, 9.17) is 0 Å². The van der Waals surface area contributed by atoms with Crippen LogP contribution in [0.4, 0.5) is 0 Å². The lowest BCUT2D eigenvalue weighted by atomic mass is 9.91. The first kappa shape index (κ1) is 21.2. The average molecular weight is 464 g/mol. The van der Waals surface area contributed by atoms with Crippen LogP contribution < -0.4 is 10.6 Å². The fourth-order valence-electron chi connectivity index (χ4n) is 2.61. The van der Waals surface area contributed by atoms with Crippen molar-refractivity contribution in [3.63, 3.8) is 0 Å². The van der Waals surface area contributed by atoms with Crippen molar-refractivity contribution in [1.82, 2.24) is 15.5 Å². The van der Waals surface area contributed by atoms with E-state index in [-0.39, 0.29) is 41.8 Å². The van der Waals surface area contributed by atoms with Crippen molar-refractivity contribution >= 4 is 47.2 Å². The first-order valence-electron chi connectivity index (χ1n) is 8.37. The van der Waals surface area contributed by atoms with Gasteiger partial charge in [0.15, 0.2) is 5.96 Å². The van der Waals surface area contributed by atoms with Crippen LogP contribution in [0.5, 0.6) is 0 Å². The van der Waals surface area contributed by atoms with E-state index in [2.05, 4.69) is 47.0 Å². The molecule has 0 aliphatic carbocycles. The molecular formula is C17H29IN4OS. The lowest BCUT2D eigenvalue weighted by Gasteiger charge is -2.25.